The summed E-state index contributed by atoms with van der Waals surface area (Å²) in [5, 5.41) is 0. The Labute approximate surface area is 112 Å². The quantitative estimate of drug-likeness (QED) is 0.762. The number of hydrogen-bond acceptors (Lipinski definition) is 5. The highest BCUT2D eigenvalue weighted by Crippen LogP contribution is 2.39. The molecule has 0 radical (unpaired) electrons. The van der Waals surface area contributed by atoms with Gasteiger partial charge in [0.15, 0.2) is 17.3 Å². The van der Waals surface area contributed by atoms with Gasteiger partial charge < -0.3 is 18.9 Å². The highest BCUT2D eigenvalue weighted by molar-refractivity contribution is 5.99. The number of ether oxygens (including phenoxy) is 4. The van der Waals surface area contributed by atoms with E-state index < -0.39 is 0 Å². The lowest BCUT2D eigenvalue weighted by Gasteiger charge is -2.14. The predicted molar refractivity (Wildman–Crippen MR) is 69.4 cm³/mol. The van der Waals surface area contributed by atoms with E-state index in [0.29, 0.717) is 36.0 Å². The third kappa shape index (κ3) is 2.66. The SMILES string of the molecule is COc1cc(C(=O)C2CCOC2)cc(OC)c1OC. The predicted octanol–water partition coefficient (Wildman–Crippen LogP) is 1.93. The van der Waals surface area contributed by atoms with Crippen LogP contribution >= 0.6 is 0 Å². The molecule has 0 aliphatic carbocycles. The second kappa shape index (κ2) is 5.93. The van der Waals surface area contributed by atoms with Gasteiger partial charge in [0.2, 0.25) is 5.75 Å². The van der Waals surface area contributed by atoms with Crippen LogP contribution in [0.15, 0.2) is 12.1 Å². The Morgan fingerprint density at radius 3 is 2.21 bits per heavy atom. The molecule has 1 atom stereocenters. The van der Waals surface area contributed by atoms with Crippen LogP contribution in [0.5, 0.6) is 17.2 Å². The highest BCUT2D eigenvalue weighted by Gasteiger charge is 2.26. The van der Waals surface area contributed by atoms with E-state index in [9.17, 15) is 4.79 Å². The van der Waals surface area contributed by atoms with Gasteiger partial charge in [-0.1, -0.05) is 0 Å². The zero-order valence-electron chi connectivity index (χ0n) is 11.4. The number of Topliss-reactive ketones (excluding diaryl/α,β-unsaturated/α-hetero) is 1. The van der Waals surface area contributed by atoms with Gasteiger partial charge in [0, 0.05) is 18.1 Å². The summed E-state index contributed by atoms with van der Waals surface area (Å²) in [6.45, 7) is 1.12. The maximum atomic E-state index is 12.4. The van der Waals surface area contributed by atoms with Gasteiger partial charge in [-0.2, -0.15) is 0 Å². The number of methoxy groups -OCH3 is 3. The van der Waals surface area contributed by atoms with Crippen LogP contribution in [0.3, 0.4) is 0 Å². The average Bonchev–Trinajstić information content (AvgIpc) is 2.98. The topological polar surface area (TPSA) is 54.0 Å². The van der Waals surface area contributed by atoms with Gasteiger partial charge in [-0.3, -0.25) is 4.79 Å². The van der Waals surface area contributed by atoms with Crippen molar-refractivity contribution in [3.63, 3.8) is 0 Å². The van der Waals surface area contributed by atoms with E-state index >= 15 is 0 Å². The Hall–Kier alpha value is -1.75. The van der Waals surface area contributed by atoms with Crippen molar-refractivity contribution in [3.05, 3.63) is 17.7 Å². The average molecular weight is 266 g/mol. The van der Waals surface area contributed by atoms with Crippen LogP contribution in [0.4, 0.5) is 0 Å². The number of carbonyl (C=O) groups is 1. The molecule has 5 nitrogen and oxygen atoms in total. The molecule has 1 unspecified atom stereocenters. The van der Waals surface area contributed by atoms with Crippen molar-refractivity contribution in [1.82, 2.24) is 0 Å². The molecule has 1 saturated heterocycles. The van der Waals surface area contributed by atoms with E-state index in [0.717, 1.165) is 6.42 Å². The van der Waals surface area contributed by atoms with Crippen LogP contribution in [-0.4, -0.2) is 40.3 Å². The Kier molecular flexibility index (Phi) is 4.27. The summed E-state index contributed by atoms with van der Waals surface area (Å²) in [6, 6.07) is 3.37. The summed E-state index contributed by atoms with van der Waals surface area (Å²) in [7, 11) is 4.60. The first kappa shape index (κ1) is 13.7. The van der Waals surface area contributed by atoms with Gasteiger partial charge in [0.05, 0.1) is 27.9 Å². The fourth-order valence-corrected chi connectivity index (χ4v) is 2.20. The van der Waals surface area contributed by atoms with E-state index in [1.54, 1.807) is 12.1 Å². The number of rotatable bonds is 5. The van der Waals surface area contributed by atoms with Crippen LogP contribution in [-0.2, 0) is 4.74 Å². The Morgan fingerprint density at radius 2 is 1.79 bits per heavy atom. The number of hydrogen-bond donors (Lipinski definition) is 0. The van der Waals surface area contributed by atoms with Crippen LogP contribution in [0, 0.1) is 5.92 Å². The molecule has 2 rings (SSSR count). The summed E-state index contributed by atoms with van der Waals surface area (Å²) < 4.78 is 21.0. The van der Waals surface area contributed by atoms with E-state index in [-0.39, 0.29) is 11.7 Å². The minimum atomic E-state index is -0.0807. The second-order valence-electron chi connectivity index (χ2n) is 4.34. The summed E-state index contributed by atoms with van der Waals surface area (Å²) in [6.07, 6.45) is 0.759. The maximum absolute atomic E-state index is 12.4. The lowest BCUT2D eigenvalue weighted by molar-refractivity contribution is 0.0899. The molecule has 0 aromatic heterocycles. The molecule has 0 N–H and O–H groups in total. The zero-order valence-corrected chi connectivity index (χ0v) is 11.4. The van der Waals surface area contributed by atoms with E-state index in [1.807, 2.05) is 0 Å². The molecule has 19 heavy (non-hydrogen) atoms. The molecule has 0 spiro atoms. The maximum Gasteiger partial charge on any atom is 0.203 e. The van der Waals surface area contributed by atoms with Crippen molar-refractivity contribution in [3.8, 4) is 17.2 Å². The van der Waals surface area contributed by atoms with Gasteiger partial charge >= 0.3 is 0 Å². The first-order valence-corrected chi connectivity index (χ1v) is 6.13. The number of carbonyl (C=O) groups excluding carboxylic acids is 1. The number of ketones is 1. The van der Waals surface area contributed by atoms with Gasteiger partial charge in [0.1, 0.15) is 0 Å². The number of benzene rings is 1. The molecule has 1 aromatic carbocycles. The Bertz CT molecular complexity index is 438. The molecule has 1 aliphatic heterocycles. The molecule has 1 aromatic rings. The van der Waals surface area contributed by atoms with Gasteiger partial charge in [-0.05, 0) is 18.6 Å². The van der Waals surface area contributed by atoms with Crippen LogP contribution in [0.2, 0.25) is 0 Å². The first-order valence-electron chi connectivity index (χ1n) is 6.13. The van der Waals surface area contributed by atoms with Gasteiger partial charge in [-0.25, -0.2) is 0 Å². The molecule has 1 aliphatic rings. The van der Waals surface area contributed by atoms with E-state index in [4.69, 9.17) is 18.9 Å². The molecular weight excluding hydrogens is 248 g/mol. The monoisotopic (exact) mass is 266 g/mol. The van der Waals surface area contributed by atoms with Crippen molar-refractivity contribution in [1.29, 1.82) is 0 Å². The summed E-state index contributed by atoms with van der Waals surface area (Å²) in [4.78, 5) is 12.4. The summed E-state index contributed by atoms with van der Waals surface area (Å²) in [5.74, 6) is 1.44. The first-order chi connectivity index (χ1) is 9.21. The molecule has 1 fully saturated rings. The lowest BCUT2D eigenvalue weighted by atomic mass is 9.96. The minimum absolute atomic E-state index is 0.0525. The van der Waals surface area contributed by atoms with Crippen molar-refractivity contribution in [2.45, 2.75) is 6.42 Å². The molecule has 1 heterocycles. The smallest absolute Gasteiger partial charge is 0.203 e. The third-order valence-corrected chi connectivity index (χ3v) is 3.25. The van der Waals surface area contributed by atoms with Crippen molar-refractivity contribution in [2.75, 3.05) is 34.5 Å². The standard InChI is InChI=1S/C14H18O5/c1-16-11-6-10(7-12(17-2)14(11)18-3)13(15)9-4-5-19-8-9/h6-7,9H,4-5,8H2,1-3H3. The van der Waals surface area contributed by atoms with Crippen molar-refractivity contribution in [2.24, 2.45) is 5.92 Å². The Balaban J connectivity index is 2.37. The molecule has 0 bridgehead atoms. The van der Waals surface area contributed by atoms with Crippen LogP contribution in [0.25, 0.3) is 0 Å². The fourth-order valence-electron chi connectivity index (χ4n) is 2.20. The van der Waals surface area contributed by atoms with Crippen LogP contribution in [0.1, 0.15) is 16.8 Å². The lowest BCUT2D eigenvalue weighted by Crippen LogP contribution is -2.15. The van der Waals surface area contributed by atoms with Crippen molar-refractivity contribution >= 4 is 5.78 Å². The fraction of sp³-hybridized carbons (Fsp3) is 0.500. The molecule has 104 valence electrons. The third-order valence-electron chi connectivity index (χ3n) is 3.25. The molecular formula is C14H18O5. The second-order valence-corrected chi connectivity index (χ2v) is 4.34. The summed E-state index contributed by atoms with van der Waals surface area (Å²) >= 11 is 0. The van der Waals surface area contributed by atoms with E-state index in [2.05, 4.69) is 0 Å². The largest absolute Gasteiger partial charge is 0.493 e. The van der Waals surface area contributed by atoms with Crippen molar-refractivity contribution < 1.29 is 23.7 Å². The van der Waals surface area contributed by atoms with Crippen LogP contribution < -0.4 is 14.2 Å². The highest BCUT2D eigenvalue weighted by atomic mass is 16.5. The zero-order chi connectivity index (χ0) is 13.8. The summed E-state index contributed by atoms with van der Waals surface area (Å²) in [5.41, 5.74) is 0.560. The van der Waals surface area contributed by atoms with Gasteiger partial charge in [0.25, 0.3) is 0 Å². The normalized spacial score (nSPS) is 18.2. The molecule has 5 heteroatoms. The minimum Gasteiger partial charge on any atom is -0.493 e. The Morgan fingerprint density at radius 1 is 1.16 bits per heavy atom. The molecule has 0 amide bonds. The van der Waals surface area contributed by atoms with Gasteiger partial charge in [-0.15, -0.1) is 0 Å². The molecule has 0 saturated carbocycles. The van der Waals surface area contributed by atoms with E-state index in [1.165, 1.54) is 21.3 Å².